The van der Waals surface area contributed by atoms with Gasteiger partial charge >= 0.3 is 11.9 Å². The summed E-state index contributed by atoms with van der Waals surface area (Å²) in [4.78, 5) is 22.1. The second-order valence-electron chi connectivity index (χ2n) is 4.58. The Bertz CT molecular complexity index is 800. The summed E-state index contributed by atoms with van der Waals surface area (Å²) in [5.74, 6) is -0.914. The van der Waals surface area contributed by atoms with E-state index in [1.54, 1.807) is 12.1 Å². The van der Waals surface area contributed by atoms with Crippen molar-refractivity contribution >= 4 is 69.1 Å². The van der Waals surface area contributed by atoms with Crippen LogP contribution in [0.15, 0.2) is 30.3 Å². The van der Waals surface area contributed by atoms with Crippen LogP contribution in [-0.4, -0.2) is 26.2 Å². The van der Waals surface area contributed by atoms with E-state index in [2.05, 4.69) is 9.47 Å². The second kappa shape index (κ2) is 9.69. The first kappa shape index (κ1) is 21.3. The van der Waals surface area contributed by atoms with Crippen LogP contribution in [0.2, 0.25) is 10.0 Å². The number of hydrogen-bond donors (Lipinski definition) is 2. The van der Waals surface area contributed by atoms with E-state index in [4.69, 9.17) is 34.7 Å². The van der Waals surface area contributed by atoms with E-state index < -0.39 is 11.9 Å². The van der Waals surface area contributed by atoms with Gasteiger partial charge in [0.1, 0.15) is 0 Å². The molecule has 0 spiro atoms. The fraction of sp³-hybridized carbons (Fsp3) is 0.125. The van der Waals surface area contributed by atoms with E-state index in [0.717, 1.165) is 3.57 Å². The van der Waals surface area contributed by atoms with E-state index in [-0.39, 0.29) is 0 Å². The summed E-state index contributed by atoms with van der Waals surface area (Å²) >= 11 is 13.5. The van der Waals surface area contributed by atoms with E-state index >= 15 is 0 Å². The Morgan fingerprint density at radius 2 is 1.44 bits per heavy atom. The number of ether oxygens (including phenoxy) is 2. The molecule has 0 radical (unpaired) electrons. The third-order valence-corrected chi connectivity index (χ3v) is 4.45. The number of methoxy groups -OCH3 is 2. The highest BCUT2D eigenvalue weighted by Crippen LogP contribution is 2.25. The van der Waals surface area contributed by atoms with Crippen LogP contribution in [0.4, 0.5) is 11.4 Å². The zero-order valence-corrected chi connectivity index (χ0v) is 17.0. The van der Waals surface area contributed by atoms with Crippen molar-refractivity contribution in [2.45, 2.75) is 0 Å². The molecule has 0 heterocycles. The monoisotopic (exact) mass is 496 g/mol. The molecule has 0 bridgehead atoms. The topological polar surface area (TPSA) is 105 Å². The molecule has 0 atom stereocenters. The first-order valence-electron chi connectivity index (χ1n) is 6.67. The number of benzene rings is 2. The average molecular weight is 497 g/mol. The summed E-state index contributed by atoms with van der Waals surface area (Å²) in [6.45, 7) is 0. The first-order valence-corrected chi connectivity index (χ1v) is 8.50. The molecule has 25 heavy (non-hydrogen) atoms. The zero-order chi connectivity index (χ0) is 19.1. The molecule has 0 amide bonds. The molecule has 2 aromatic rings. The van der Waals surface area contributed by atoms with Gasteiger partial charge in [0, 0.05) is 14.9 Å². The molecule has 9 heteroatoms. The number of nitrogens with two attached hydrogens (primary N) is 2. The van der Waals surface area contributed by atoms with Gasteiger partial charge in [-0.3, -0.25) is 0 Å². The van der Waals surface area contributed by atoms with Gasteiger partial charge in [-0.25, -0.2) is 9.59 Å². The Morgan fingerprint density at radius 3 is 1.96 bits per heavy atom. The minimum Gasteiger partial charge on any atom is -0.465 e. The summed E-state index contributed by atoms with van der Waals surface area (Å²) in [7, 11) is 2.61. The molecule has 2 aromatic carbocycles. The highest BCUT2D eigenvalue weighted by atomic mass is 127. The van der Waals surface area contributed by atoms with Gasteiger partial charge in [-0.1, -0.05) is 23.2 Å². The van der Waals surface area contributed by atoms with E-state index in [0.29, 0.717) is 32.5 Å². The lowest BCUT2D eigenvalue weighted by atomic mass is 10.2. The summed E-state index contributed by atoms with van der Waals surface area (Å²) in [6, 6.07) is 7.77. The Kier molecular flexibility index (Phi) is 8.27. The van der Waals surface area contributed by atoms with Crippen LogP contribution in [0, 0.1) is 3.57 Å². The van der Waals surface area contributed by atoms with Crippen molar-refractivity contribution in [2.24, 2.45) is 0 Å². The van der Waals surface area contributed by atoms with Gasteiger partial charge in [-0.05, 0) is 52.9 Å². The fourth-order valence-electron chi connectivity index (χ4n) is 1.64. The van der Waals surface area contributed by atoms with Crippen LogP contribution in [0.3, 0.4) is 0 Å². The van der Waals surface area contributed by atoms with Gasteiger partial charge in [-0.15, -0.1) is 0 Å². The maximum absolute atomic E-state index is 11.1. The Balaban J connectivity index is 0.000000251. The summed E-state index contributed by atoms with van der Waals surface area (Å²) in [6.07, 6.45) is 0. The Hall–Kier alpha value is -1.71. The molecule has 0 aliphatic heterocycles. The van der Waals surface area contributed by atoms with Gasteiger partial charge in [0.25, 0.3) is 0 Å². The minimum atomic E-state index is -0.458. The van der Waals surface area contributed by atoms with E-state index in [9.17, 15) is 9.59 Å². The van der Waals surface area contributed by atoms with Gasteiger partial charge < -0.3 is 20.9 Å². The number of nitrogen functional groups attached to an aromatic ring is 2. The van der Waals surface area contributed by atoms with Gasteiger partial charge in [-0.2, -0.15) is 0 Å². The van der Waals surface area contributed by atoms with E-state index in [1.165, 1.54) is 32.4 Å². The number of rotatable bonds is 2. The number of halogens is 3. The maximum Gasteiger partial charge on any atom is 0.339 e. The number of carbonyl (C=O) groups is 2. The molecule has 4 N–H and O–H groups in total. The van der Waals surface area contributed by atoms with Gasteiger partial charge in [0.2, 0.25) is 0 Å². The van der Waals surface area contributed by atoms with Crippen LogP contribution in [-0.2, 0) is 9.47 Å². The molecular formula is C16H15Cl2IN2O4. The third kappa shape index (κ3) is 5.94. The van der Waals surface area contributed by atoms with Gasteiger partial charge in [0.15, 0.2) is 0 Å². The van der Waals surface area contributed by atoms with Crippen molar-refractivity contribution in [3.05, 3.63) is 55.1 Å². The average Bonchev–Trinajstić information content (AvgIpc) is 2.57. The summed E-state index contributed by atoms with van der Waals surface area (Å²) < 4.78 is 9.82. The lowest BCUT2D eigenvalue weighted by Crippen LogP contribution is -2.03. The summed E-state index contributed by atoms with van der Waals surface area (Å²) in [5.41, 5.74) is 12.8. The summed E-state index contributed by atoms with van der Waals surface area (Å²) in [5, 5.41) is 0.617. The molecular weight excluding hydrogens is 482 g/mol. The lowest BCUT2D eigenvalue weighted by molar-refractivity contribution is 0.0592. The van der Waals surface area contributed by atoms with Crippen molar-refractivity contribution in [1.29, 1.82) is 0 Å². The van der Waals surface area contributed by atoms with Crippen molar-refractivity contribution < 1.29 is 19.1 Å². The maximum atomic E-state index is 11.1. The molecule has 0 aliphatic carbocycles. The second-order valence-corrected chi connectivity index (χ2v) is 6.55. The van der Waals surface area contributed by atoms with Crippen molar-refractivity contribution in [3.8, 4) is 0 Å². The highest BCUT2D eigenvalue weighted by molar-refractivity contribution is 14.1. The third-order valence-electron chi connectivity index (χ3n) is 2.89. The molecule has 0 unspecified atom stereocenters. The van der Waals surface area contributed by atoms with Crippen LogP contribution in [0.25, 0.3) is 0 Å². The quantitative estimate of drug-likeness (QED) is 0.369. The highest BCUT2D eigenvalue weighted by Gasteiger charge is 2.12. The number of anilines is 2. The standard InChI is InChI=1S/C8H7ClINO2.C8H8ClNO2/c1-13-8(12)4-2-6(10)7(11)3-5(4)9;1-12-8(11)6-3-2-5(10)4-7(6)9/h2-3H,11H2,1H3;2-4H,10H2,1H3. The van der Waals surface area contributed by atoms with Crippen molar-refractivity contribution in [3.63, 3.8) is 0 Å². The van der Waals surface area contributed by atoms with Crippen LogP contribution in [0.5, 0.6) is 0 Å². The predicted molar refractivity (Wildman–Crippen MR) is 107 cm³/mol. The van der Waals surface area contributed by atoms with Crippen LogP contribution < -0.4 is 11.5 Å². The smallest absolute Gasteiger partial charge is 0.339 e. The van der Waals surface area contributed by atoms with Crippen LogP contribution >= 0.6 is 45.8 Å². The predicted octanol–water partition coefficient (Wildman–Crippen LogP) is 4.02. The Labute approximate surface area is 168 Å². The normalized spacial score (nSPS) is 9.64. The largest absolute Gasteiger partial charge is 0.465 e. The number of esters is 2. The van der Waals surface area contributed by atoms with Crippen molar-refractivity contribution in [1.82, 2.24) is 0 Å². The molecule has 0 aliphatic rings. The van der Waals surface area contributed by atoms with E-state index in [1.807, 2.05) is 22.6 Å². The van der Waals surface area contributed by atoms with Crippen LogP contribution in [0.1, 0.15) is 20.7 Å². The van der Waals surface area contributed by atoms with Crippen molar-refractivity contribution in [2.75, 3.05) is 25.7 Å². The first-order chi connectivity index (χ1) is 11.7. The molecule has 2 rings (SSSR count). The Morgan fingerprint density at radius 1 is 0.920 bits per heavy atom. The lowest BCUT2D eigenvalue weighted by Gasteiger charge is -2.04. The molecule has 134 valence electrons. The molecule has 0 fully saturated rings. The minimum absolute atomic E-state index is 0.307. The SMILES string of the molecule is COC(=O)c1cc(I)c(N)cc1Cl.COC(=O)c1ccc(N)cc1Cl. The fourth-order valence-corrected chi connectivity index (χ4v) is 2.62. The molecule has 0 saturated carbocycles. The molecule has 0 aromatic heterocycles. The molecule has 0 saturated heterocycles. The van der Waals surface area contributed by atoms with Gasteiger partial charge in [0.05, 0.1) is 35.4 Å². The zero-order valence-electron chi connectivity index (χ0n) is 13.3. The number of hydrogen-bond acceptors (Lipinski definition) is 6. The molecule has 6 nitrogen and oxygen atoms in total. The number of carbonyl (C=O) groups excluding carboxylic acids is 2.